The lowest BCUT2D eigenvalue weighted by atomic mass is 10.2. The van der Waals surface area contributed by atoms with Crippen molar-refractivity contribution in [3.05, 3.63) is 76.7 Å². The van der Waals surface area contributed by atoms with Gasteiger partial charge in [-0.2, -0.15) is 4.31 Å². The predicted molar refractivity (Wildman–Crippen MR) is 144 cm³/mol. The first-order chi connectivity index (χ1) is 17.7. The average molecular weight is 560 g/mol. The van der Waals surface area contributed by atoms with Crippen LogP contribution in [-0.2, 0) is 21.3 Å². The van der Waals surface area contributed by atoms with Crippen molar-refractivity contribution >= 4 is 54.2 Å². The van der Waals surface area contributed by atoms with Gasteiger partial charge in [0.05, 0.1) is 34.0 Å². The van der Waals surface area contributed by atoms with Crippen LogP contribution in [0.15, 0.2) is 64.1 Å². The Kier molecular flexibility index (Phi) is 7.37. The molecule has 11 heteroatoms. The summed E-state index contributed by atoms with van der Waals surface area (Å²) in [6, 6.07) is 13.2. The quantitative estimate of drug-likeness (QED) is 0.283. The Hall–Kier alpha value is -2.76. The van der Waals surface area contributed by atoms with Gasteiger partial charge in [0.1, 0.15) is 5.76 Å². The Labute approximate surface area is 224 Å². The highest BCUT2D eigenvalue weighted by Gasteiger charge is 2.28. The summed E-state index contributed by atoms with van der Waals surface area (Å²) < 4.78 is 39.4. The lowest BCUT2D eigenvalue weighted by molar-refractivity contribution is 0.0978. The first-order valence-corrected chi connectivity index (χ1v) is 14.5. The topological polar surface area (TPSA) is 93.0 Å². The van der Waals surface area contributed by atoms with E-state index in [0.29, 0.717) is 34.6 Å². The van der Waals surface area contributed by atoms with E-state index in [9.17, 15) is 13.2 Å². The first-order valence-electron chi connectivity index (χ1n) is 11.8. The molecule has 1 amide bonds. The third kappa shape index (κ3) is 5.30. The third-order valence-corrected chi connectivity index (χ3v) is 9.69. The number of hydrogen-bond acceptors (Lipinski definition) is 7. The smallest absolute Gasteiger partial charge is 0.260 e. The molecule has 4 aromatic rings. The second-order valence-corrected chi connectivity index (χ2v) is 12.4. The summed E-state index contributed by atoms with van der Waals surface area (Å²) in [4.78, 5) is 20.0. The van der Waals surface area contributed by atoms with Gasteiger partial charge in [0.25, 0.3) is 5.91 Å². The van der Waals surface area contributed by atoms with E-state index in [1.165, 1.54) is 44.8 Å². The first kappa shape index (κ1) is 25.9. The zero-order valence-electron chi connectivity index (χ0n) is 20.4. The molecule has 1 unspecified atom stereocenters. The van der Waals surface area contributed by atoms with Crippen LogP contribution in [0.5, 0.6) is 0 Å². The van der Waals surface area contributed by atoms with E-state index in [4.69, 9.17) is 25.7 Å². The van der Waals surface area contributed by atoms with E-state index in [2.05, 4.69) is 0 Å². The molecule has 1 aliphatic rings. The molecule has 2 aromatic heterocycles. The van der Waals surface area contributed by atoms with Crippen LogP contribution in [0, 0.1) is 6.92 Å². The van der Waals surface area contributed by atoms with E-state index in [1.807, 2.05) is 19.1 Å². The lowest BCUT2D eigenvalue weighted by Crippen LogP contribution is -2.34. The number of benzene rings is 2. The zero-order chi connectivity index (χ0) is 26.2. The summed E-state index contributed by atoms with van der Waals surface area (Å²) in [5, 5.41) is 1.10. The molecule has 0 saturated carbocycles. The number of halogens is 1. The highest BCUT2D eigenvalue weighted by atomic mass is 35.5. The fourth-order valence-corrected chi connectivity index (χ4v) is 6.65. The number of rotatable bonds is 8. The molecule has 0 spiro atoms. The molecule has 37 heavy (non-hydrogen) atoms. The van der Waals surface area contributed by atoms with Crippen molar-refractivity contribution in [2.75, 3.05) is 25.1 Å². The van der Waals surface area contributed by atoms with Crippen LogP contribution < -0.4 is 4.90 Å². The number of anilines is 1. The van der Waals surface area contributed by atoms with E-state index in [-0.39, 0.29) is 23.5 Å². The van der Waals surface area contributed by atoms with Gasteiger partial charge in [0, 0.05) is 30.8 Å². The minimum atomic E-state index is -3.72. The number of aromatic nitrogens is 1. The van der Waals surface area contributed by atoms with Crippen LogP contribution in [-0.4, -0.2) is 49.9 Å². The molecular formula is C26H26ClN3O5S2. The zero-order valence-corrected chi connectivity index (χ0v) is 22.8. The molecule has 1 saturated heterocycles. The molecule has 0 radical (unpaired) electrons. The maximum atomic E-state index is 13.7. The van der Waals surface area contributed by atoms with Crippen molar-refractivity contribution < 1.29 is 22.4 Å². The van der Waals surface area contributed by atoms with Crippen molar-refractivity contribution in [1.29, 1.82) is 0 Å². The Bertz CT molecular complexity index is 1510. The minimum absolute atomic E-state index is 0.0943. The van der Waals surface area contributed by atoms with Gasteiger partial charge in [0.2, 0.25) is 10.0 Å². The Morgan fingerprint density at radius 3 is 2.65 bits per heavy atom. The fourth-order valence-electron chi connectivity index (χ4n) is 4.27. The van der Waals surface area contributed by atoms with Gasteiger partial charge in [0.15, 0.2) is 5.13 Å². The molecule has 0 bridgehead atoms. The summed E-state index contributed by atoms with van der Waals surface area (Å²) >= 11 is 7.66. The Morgan fingerprint density at radius 2 is 1.97 bits per heavy atom. The van der Waals surface area contributed by atoms with Crippen LogP contribution in [0.3, 0.4) is 0 Å². The van der Waals surface area contributed by atoms with E-state index in [1.54, 1.807) is 25.4 Å². The maximum absolute atomic E-state index is 13.7. The van der Waals surface area contributed by atoms with Gasteiger partial charge in [-0.25, -0.2) is 13.4 Å². The molecule has 1 fully saturated rings. The number of carbonyl (C=O) groups excluding carboxylic acids is 1. The lowest BCUT2D eigenvalue weighted by Gasteiger charge is -2.21. The number of fused-ring (bicyclic) bond motifs is 1. The van der Waals surface area contributed by atoms with Gasteiger partial charge < -0.3 is 9.15 Å². The number of amides is 1. The number of nitrogens with zero attached hydrogens (tertiary/aromatic N) is 3. The summed E-state index contributed by atoms with van der Waals surface area (Å²) in [5.41, 5.74) is 1.91. The van der Waals surface area contributed by atoms with E-state index in [0.717, 1.165) is 28.6 Å². The van der Waals surface area contributed by atoms with Gasteiger partial charge in [-0.15, -0.1) is 0 Å². The number of carbonyl (C=O) groups is 1. The highest BCUT2D eigenvalue weighted by Crippen LogP contribution is 2.35. The number of likely N-dealkylation sites (N-methyl/N-ethyl adjacent to an activating group) is 1. The van der Waals surface area contributed by atoms with Crippen molar-refractivity contribution in [3.8, 4) is 0 Å². The number of sulfonamides is 1. The molecule has 0 N–H and O–H groups in total. The summed E-state index contributed by atoms with van der Waals surface area (Å²) in [6.07, 6.45) is 3.23. The maximum Gasteiger partial charge on any atom is 0.260 e. The van der Waals surface area contributed by atoms with Gasteiger partial charge >= 0.3 is 0 Å². The largest absolute Gasteiger partial charge is 0.467 e. The van der Waals surface area contributed by atoms with Crippen molar-refractivity contribution in [1.82, 2.24) is 9.29 Å². The molecule has 5 rings (SSSR count). The molecule has 3 heterocycles. The second-order valence-electron chi connectivity index (χ2n) is 8.93. The predicted octanol–water partition coefficient (Wildman–Crippen LogP) is 5.50. The number of thiazole rings is 1. The standard InChI is InChI=1S/C26H26ClN3O5S2/c1-17-22(27)11-12-23-24(17)28-26(36-23)30(16-20-6-4-14-35-20)25(31)18-7-9-21(10-8-18)37(32,33)29(2)15-19-5-3-13-34-19/h4,6-12,14,19H,3,5,13,15-16H2,1-2H3. The second kappa shape index (κ2) is 10.5. The highest BCUT2D eigenvalue weighted by molar-refractivity contribution is 7.89. The molecular weight excluding hydrogens is 534 g/mol. The van der Waals surface area contributed by atoms with Gasteiger partial charge in [-0.3, -0.25) is 9.69 Å². The minimum Gasteiger partial charge on any atom is -0.467 e. The molecule has 2 aromatic carbocycles. The monoisotopic (exact) mass is 559 g/mol. The summed E-state index contributed by atoms with van der Waals surface area (Å²) in [5.74, 6) is 0.271. The third-order valence-electron chi connectivity index (χ3n) is 6.40. The molecule has 1 aliphatic heterocycles. The molecule has 0 aliphatic carbocycles. The van der Waals surface area contributed by atoms with Crippen LogP contribution in [0.1, 0.15) is 34.5 Å². The van der Waals surface area contributed by atoms with Gasteiger partial charge in [-0.1, -0.05) is 22.9 Å². The van der Waals surface area contributed by atoms with Crippen molar-refractivity contribution in [3.63, 3.8) is 0 Å². The Balaban J connectivity index is 1.43. The van der Waals surface area contributed by atoms with Crippen molar-refractivity contribution in [2.24, 2.45) is 0 Å². The number of hydrogen-bond donors (Lipinski definition) is 0. The fraction of sp³-hybridized carbons (Fsp3) is 0.308. The number of ether oxygens (including phenoxy) is 1. The molecule has 194 valence electrons. The van der Waals surface area contributed by atoms with Crippen LogP contribution in [0.25, 0.3) is 10.2 Å². The summed E-state index contributed by atoms with van der Waals surface area (Å²) in [6.45, 7) is 3.01. The molecule has 8 nitrogen and oxygen atoms in total. The van der Waals surface area contributed by atoms with Crippen molar-refractivity contribution in [2.45, 2.75) is 37.3 Å². The van der Waals surface area contributed by atoms with E-state index >= 15 is 0 Å². The number of furan rings is 1. The SMILES string of the molecule is Cc1c(Cl)ccc2sc(N(Cc3ccco3)C(=O)c3ccc(S(=O)(=O)N(C)CC4CCCO4)cc3)nc12. The van der Waals surface area contributed by atoms with Crippen LogP contribution in [0.4, 0.5) is 5.13 Å². The average Bonchev–Trinajstić information content (AvgIpc) is 3.67. The Morgan fingerprint density at radius 1 is 1.19 bits per heavy atom. The molecule has 1 atom stereocenters. The van der Waals surface area contributed by atoms with Crippen LogP contribution >= 0.6 is 22.9 Å². The van der Waals surface area contributed by atoms with E-state index < -0.39 is 10.0 Å². The van der Waals surface area contributed by atoms with Gasteiger partial charge in [-0.05, 0) is 73.9 Å². The van der Waals surface area contributed by atoms with Crippen LogP contribution in [0.2, 0.25) is 5.02 Å². The summed E-state index contributed by atoms with van der Waals surface area (Å²) in [7, 11) is -2.17. The normalized spacial score (nSPS) is 16.1. The number of aryl methyl sites for hydroxylation is 1.